The SMILES string of the molecule is [CH]c1ccc(OCc2ccccc2)cc1OC. The molecule has 2 aromatic carbocycles. The Bertz CT molecular complexity index is 478. The molecule has 0 N–H and O–H groups in total. The van der Waals surface area contributed by atoms with Crippen LogP contribution in [0.2, 0.25) is 0 Å². The van der Waals surface area contributed by atoms with Crippen molar-refractivity contribution in [1.82, 2.24) is 0 Å². The molecule has 0 bridgehead atoms. The second-order valence-corrected chi connectivity index (χ2v) is 3.68. The molecule has 2 rings (SSSR count). The summed E-state index contributed by atoms with van der Waals surface area (Å²) < 4.78 is 10.8. The zero-order chi connectivity index (χ0) is 12.1. The van der Waals surface area contributed by atoms with Crippen molar-refractivity contribution in [2.45, 2.75) is 6.61 Å². The summed E-state index contributed by atoms with van der Waals surface area (Å²) in [6.07, 6.45) is 0. The highest BCUT2D eigenvalue weighted by Crippen LogP contribution is 2.24. The number of hydrogen-bond acceptors (Lipinski definition) is 2. The summed E-state index contributed by atoms with van der Waals surface area (Å²) in [5.74, 6) is 1.38. The number of benzene rings is 2. The summed E-state index contributed by atoms with van der Waals surface area (Å²) in [6.45, 7) is 6.26. The first-order valence-corrected chi connectivity index (χ1v) is 5.40. The summed E-state index contributed by atoms with van der Waals surface area (Å²) in [5, 5.41) is 0. The fraction of sp³-hybridized carbons (Fsp3) is 0.133. The maximum Gasteiger partial charge on any atom is 0.126 e. The van der Waals surface area contributed by atoms with Crippen LogP contribution in [0.25, 0.3) is 0 Å². The third kappa shape index (κ3) is 3.00. The molecule has 0 fully saturated rings. The van der Waals surface area contributed by atoms with E-state index in [4.69, 9.17) is 16.4 Å². The van der Waals surface area contributed by atoms with Crippen LogP contribution < -0.4 is 9.47 Å². The van der Waals surface area contributed by atoms with Crippen molar-refractivity contribution < 1.29 is 9.47 Å². The van der Waals surface area contributed by atoms with Crippen LogP contribution in [0.4, 0.5) is 0 Å². The van der Waals surface area contributed by atoms with Gasteiger partial charge in [0, 0.05) is 13.0 Å². The van der Waals surface area contributed by atoms with E-state index < -0.39 is 0 Å². The van der Waals surface area contributed by atoms with Gasteiger partial charge in [-0.2, -0.15) is 0 Å². The Morgan fingerprint density at radius 2 is 1.82 bits per heavy atom. The lowest BCUT2D eigenvalue weighted by atomic mass is 10.2. The molecule has 0 saturated heterocycles. The smallest absolute Gasteiger partial charge is 0.126 e. The molecule has 2 aromatic rings. The first-order chi connectivity index (χ1) is 8.29. The molecule has 86 valence electrons. The Balaban J connectivity index is 2.04. The van der Waals surface area contributed by atoms with Gasteiger partial charge in [0.25, 0.3) is 0 Å². The van der Waals surface area contributed by atoms with E-state index in [1.165, 1.54) is 0 Å². The fourth-order valence-corrected chi connectivity index (χ4v) is 1.52. The Kier molecular flexibility index (Phi) is 3.66. The molecule has 0 aliphatic heterocycles. The maximum absolute atomic E-state index is 5.73. The van der Waals surface area contributed by atoms with E-state index in [2.05, 4.69) is 0 Å². The Hall–Kier alpha value is -1.96. The van der Waals surface area contributed by atoms with Crippen LogP contribution in [0.5, 0.6) is 11.5 Å². The molecule has 0 aliphatic rings. The number of methoxy groups -OCH3 is 1. The van der Waals surface area contributed by atoms with E-state index in [-0.39, 0.29) is 0 Å². The number of ether oxygens (including phenoxy) is 2. The predicted octanol–water partition coefficient (Wildman–Crippen LogP) is 3.33. The minimum atomic E-state index is 0.536. The molecular weight excluding hydrogens is 212 g/mol. The van der Waals surface area contributed by atoms with Gasteiger partial charge in [-0.1, -0.05) is 36.4 Å². The van der Waals surface area contributed by atoms with E-state index >= 15 is 0 Å². The maximum atomic E-state index is 5.73. The van der Waals surface area contributed by atoms with Gasteiger partial charge in [0.1, 0.15) is 18.1 Å². The highest BCUT2D eigenvalue weighted by molar-refractivity contribution is 5.42. The first-order valence-electron chi connectivity index (χ1n) is 5.40. The average molecular weight is 226 g/mol. The van der Waals surface area contributed by atoms with Crippen LogP contribution in [-0.4, -0.2) is 7.11 Å². The molecule has 2 nitrogen and oxygen atoms in total. The van der Waals surface area contributed by atoms with Crippen molar-refractivity contribution in [3.8, 4) is 11.5 Å². The normalized spacial score (nSPS) is 10.0. The highest BCUT2D eigenvalue weighted by atomic mass is 16.5. The zero-order valence-corrected chi connectivity index (χ0v) is 9.72. The Labute approximate surface area is 102 Å². The standard InChI is InChI=1S/C15H14O2/c1-12-8-9-14(10-15(12)16-2)17-11-13-6-4-3-5-7-13/h1,3-10H,11H2,2H3. The quantitative estimate of drug-likeness (QED) is 0.796. The number of rotatable bonds is 4. The summed E-state index contributed by atoms with van der Waals surface area (Å²) in [7, 11) is 1.59. The van der Waals surface area contributed by atoms with E-state index in [1.54, 1.807) is 19.2 Å². The van der Waals surface area contributed by atoms with Crippen molar-refractivity contribution in [2.75, 3.05) is 7.11 Å². The van der Waals surface area contributed by atoms with E-state index in [0.717, 1.165) is 11.3 Å². The van der Waals surface area contributed by atoms with Crippen LogP contribution in [0.3, 0.4) is 0 Å². The molecular formula is C15H14O2. The zero-order valence-electron chi connectivity index (χ0n) is 9.72. The lowest BCUT2D eigenvalue weighted by molar-refractivity contribution is 0.303. The molecule has 0 unspecified atom stereocenters. The van der Waals surface area contributed by atoms with Gasteiger partial charge in [-0.05, 0) is 17.2 Å². The van der Waals surface area contributed by atoms with Crippen LogP contribution in [0.15, 0.2) is 48.5 Å². The van der Waals surface area contributed by atoms with Gasteiger partial charge in [-0.25, -0.2) is 0 Å². The summed E-state index contributed by atoms with van der Waals surface area (Å²) >= 11 is 0. The molecule has 17 heavy (non-hydrogen) atoms. The van der Waals surface area contributed by atoms with Crippen molar-refractivity contribution >= 4 is 0 Å². The topological polar surface area (TPSA) is 18.5 Å². The third-order valence-corrected chi connectivity index (χ3v) is 2.45. The summed E-state index contributed by atoms with van der Waals surface area (Å²) in [4.78, 5) is 0. The van der Waals surface area contributed by atoms with Gasteiger partial charge in [-0.15, -0.1) is 0 Å². The van der Waals surface area contributed by atoms with Crippen molar-refractivity contribution in [3.05, 3.63) is 66.6 Å². The molecule has 2 radical (unpaired) electrons. The van der Waals surface area contributed by atoms with Gasteiger partial charge >= 0.3 is 0 Å². The van der Waals surface area contributed by atoms with Gasteiger partial charge in [0.05, 0.1) is 7.11 Å². The Morgan fingerprint density at radius 3 is 2.53 bits per heavy atom. The van der Waals surface area contributed by atoms with Crippen LogP contribution in [0, 0.1) is 6.92 Å². The lowest BCUT2D eigenvalue weighted by Crippen LogP contribution is -1.96. The molecule has 2 heteroatoms. The van der Waals surface area contributed by atoms with Crippen LogP contribution >= 0.6 is 0 Å². The summed E-state index contributed by atoms with van der Waals surface area (Å²) in [5.41, 5.74) is 1.74. The van der Waals surface area contributed by atoms with Gasteiger partial charge in [-0.3, -0.25) is 0 Å². The van der Waals surface area contributed by atoms with Gasteiger partial charge < -0.3 is 9.47 Å². The highest BCUT2D eigenvalue weighted by Gasteiger charge is 2.01. The van der Waals surface area contributed by atoms with Crippen LogP contribution in [-0.2, 0) is 6.61 Å². The van der Waals surface area contributed by atoms with Crippen molar-refractivity contribution in [1.29, 1.82) is 0 Å². The molecule has 0 aliphatic carbocycles. The second-order valence-electron chi connectivity index (χ2n) is 3.68. The largest absolute Gasteiger partial charge is 0.496 e. The fourth-order valence-electron chi connectivity index (χ4n) is 1.52. The lowest BCUT2D eigenvalue weighted by Gasteiger charge is -2.09. The van der Waals surface area contributed by atoms with E-state index in [1.807, 2.05) is 36.4 Å². The van der Waals surface area contributed by atoms with E-state index in [9.17, 15) is 0 Å². The Morgan fingerprint density at radius 1 is 1.06 bits per heavy atom. The molecule has 0 heterocycles. The van der Waals surface area contributed by atoms with Crippen LogP contribution in [0.1, 0.15) is 11.1 Å². The predicted molar refractivity (Wildman–Crippen MR) is 67.2 cm³/mol. The van der Waals surface area contributed by atoms with Gasteiger partial charge in [0.15, 0.2) is 0 Å². The molecule has 0 spiro atoms. The molecule has 0 atom stereocenters. The molecule has 0 saturated carbocycles. The summed E-state index contributed by atoms with van der Waals surface area (Å²) in [6, 6.07) is 15.4. The minimum absolute atomic E-state index is 0.536. The second kappa shape index (κ2) is 5.39. The first kappa shape index (κ1) is 11.5. The van der Waals surface area contributed by atoms with E-state index in [0.29, 0.717) is 17.9 Å². The molecule has 0 amide bonds. The third-order valence-electron chi connectivity index (χ3n) is 2.45. The van der Waals surface area contributed by atoms with Gasteiger partial charge in [0.2, 0.25) is 0 Å². The monoisotopic (exact) mass is 226 g/mol. The molecule has 0 aromatic heterocycles. The number of hydrogen-bond donors (Lipinski definition) is 0. The minimum Gasteiger partial charge on any atom is -0.496 e. The van der Waals surface area contributed by atoms with Crippen molar-refractivity contribution in [2.24, 2.45) is 0 Å². The average Bonchev–Trinajstić information content (AvgIpc) is 2.39. The van der Waals surface area contributed by atoms with Crippen molar-refractivity contribution in [3.63, 3.8) is 0 Å².